The van der Waals surface area contributed by atoms with Crippen LogP contribution in [0, 0.1) is 12.7 Å². The van der Waals surface area contributed by atoms with E-state index in [1.54, 1.807) is 17.9 Å². The van der Waals surface area contributed by atoms with Gasteiger partial charge in [-0.2, -0.15) is 0 Å². The van der Waals surface area contributed by atoms with Crippen molar-refractivity contribution in [2.24, 2.45) is 0 Å². The van der Waals surface area contributed by atoms with Crippen molar-refractivity contribution in [1.29, 1.82) is 0 Å². The van der Waals surface area contributed by atoms with Crippen molar-refractivity contribution in [2.75, 3.05) is 18.0 Å². The van der Waals surface area contributed by atoms with E-state index < -0.39 is 11.9 Å². The fourth-order valence-electron chi connectivity index (χ4n) is 1.70. The maximum absolute atomic E-state index is 12.9. The zero-order valence-electron chi connectivity index (χ0n) is 8.70. The van der Waals surface area contributed by atoms with Crippen LogP contribution in [0.4, 0.5) is 10.1 Å². The highest BCUT2D eigenvalue weighted by atomic mass is 19.1. The molecule has 84 valence electrons. The number of anilines is 1. The van der Waals surface area contributed by atoms with Gasteiger partial charge >= 0.3 is 11.9 Å². The number of hydrogen-bond acceptors (Lipinski definition) is 4. The molecule has 0 bridgehead atoms. The highest BCUT2D eigenvalue weighted by Crippen LogP contribution is 2.22. The molecule has 1 aliphatic heterocycles. The third kappa shape index (κ3) is 2.03. The molecule has 1 aromatic rings. The molecule has 0 saturated carbocycles. The smallest absolute Gasteiger partial charge is 0.333 e. The summed E-state index contributed by atoms with van der Waals surface area (Å²) in [6.07, 6.45) is 0. The van der Waals surface area contributed by atoms with E-state index in [4.69, 9.17) is 0 Å². The van der Waals surface area contributed by atoms with Crippen molar-refractivity contribution in [1.82, 2.24) is 0 Å². The molecule has 0 aliphatic carbocycles. The van der Waals surface area contributed by atoms with Crippen LogP contribution < -0.4 is 4.90 Å². The third-order valence-electron chi connectivity index (χ3n) is 2.37. The first-order valence-corrected chi connectivity index (χ1v) is 4.81. The molecule has 4 nitrogen and oxygen atoms in total. The summed E-state index contributed by atoms with van der Waals surface area (Å²) in [5.74, 6) is -1.51. The van der Waals surface area contributed by atoms with Crippen LogP contribution in [0.5, 0.6) is 0 Å². The Morgan fingerprint density at radius 2 is 1.88 bits per heavy atom. The van der Waals surface area contributed by atoms with E-state index in [2.05, 4.69) is 4.74 Å². The molecule has 1 heterocycles. The van der Waals surface area contributed by atoms with Crippen molar-refractivity contribution < 1.29 is 18.7 Å². The van der Waals surface area contributed by atoms with E-state index in [1.165, 1.54) is 12.1 Å². The monoisotopic (exact) mass is 223 g/mol. The van der Waals surface area contributed by atoms with Crippen molar-refractivity contribution in [3.05, 3.63) is 29.6 Å². The quantitative estimate of drug-likeness (QED) is 0.527. The highest BCUT2D eigenvalue weighted by Gasteiger charge is 2.25. The van der Waals surface area contributed by atoms with Crippen LogP contribution in [0.15, 0.2) is 18.2 Å². The Kier molecular flexibility index (Phi) is 2.60. The number of carbonyl (C=O) groups excluding carboxylic acids is 2. The number of aryl methyl sites for hydroxylation is 1. The highest BCUT2D eigenvalue weighted by molar-refractivity contribution is 5.94. The van der Waals surface area contributed by atoms with Gasteiger partial charge in [0.05, 0.1) is 0 Å². The van der Waals surface area contributed by atoms with Crippen molar-refractivity contribution in [3.63, 3.8) is 0 Å². The van der Waals surface area contributed by atoms with Gasteiger partial charge < -0.3 is 9.64 Å². The minimum atomic E-state index is -0.583. The maximum Gasteiger partial charge on any atom is 0.333 e. The van der Waals surface area contributed by atoms with Gasteiger partial charge in [-0.1, -0.05) is 0 Å². The fraction of sp³-hybridized carbons (Fsp3) is 0.273. The van der Waals surface area contributed by atoms with E-state index in [1.807, 2.05) is 0 Å². The molecular weight excluding hydrogens is 213 g/mol. The fourth-order valence-corrected chi connectivity index (χ4v) is 1.70. The molecule has 1 aliphatic rings. The van der Waals surface area contributed by atoms with Gasteiger partial charge in [-0.05, 0) is 30.7 Å². The third-order valence-corrected chi connectivity index (χ3v) is 2.37. The van der Waals surface area contributed by atoms with Crippen LogP contribution in [0.25, 0.3) is 0 Å². The number of halogens is 1. The summed E-state index contributed by atoms with van der Waals surface area (Å²) < 4.78 is 17.3. The summed E-state index contributed by atoms with van der Waals surface area (Å²) in [5.41, 5.74) is 1.36. The Labute approximate surface area is 91.6 Å². The first-order valence-electron chi connectivity index (χ1n) is 4.81. The van der Waals surface area contributed by atoms with Crippen molar-refractivity contribution in [2.45, 2.75) is 6.92 Å². The molecule has 1 fully saturated rings. The Morgan fingerprint density at radius 1 is 1.25 bits per heavy atom. The van der Waals surface area contributed by atoms with E-state index in [9.17, 15) is 14.0 Å². The average Bonchev–Trinajstić information content (AvgIpc) is 2.15. The molecule has 2 rings (SSSR count). The second-order valence-electron chi connectivity index (χ2n) is 3.63. The van der Waals surface area contributed by atoms with Gasteiger partial charge in [0.15, 0.2) is 0 Å². The van der Waals surface area contributed by atoms with Gasteiger partial charge in [-0.15, -0.1) is 0 Å². The molecule has 1 saturated heterocycles. The lowest BCUT2D eigenvalue weighted by molar-refractivity contribution is -0.160. The van der Waals surface area contributed by atoms with E-state index >= 15 is 0 Å². The number of ether oxygens (including phenoxy) is 1. The number of benzene rings is 1. The Balaban J connectivity index is 2.29. The Hall–Kier alpha value is -1.91. The van der Waals surface area contributed by atoms with E-state index in [0.29, 0.717) is 11.3 Å². The van der Waals surface area contributed by atoms with Gasteiger partial charge in [0.2, 0.25) is 0 Å². The van der Waals surface area contributed by atoms with Gasteiger partial charge in [0.1, 0.15) is 18.9 Å². The van der Waals surface area contributed by atoms with Gasteiger partial charge in [-0.25, -0.2) is 14.0 Å². The van der Waals surface area contributed by atoms with Crippen molar-refractivity contribution >= 4 is 17.6 Å². The molecule has 0 amide bonds. The molecule has 16 heavy (non-hydrogen) atoms. The summed E-state index contributed by atoms with van der Waals surface area (Å²) in [5, 5.41) is 0. The molecule has 0 radical (unpaired) electrons. The van der Waals surface area contributed by atoms with Gasteiger partial charge in [0, 0.05) is 5.69 Å². The summed E-state index contributed by atoms with van der Waals surface area (Å²) in [6.45, 7) is 1.75. The molecule has 1 aromatic carbocycles. The SMILES string of the molecule is Cc1cc(F)ccc1N1CC(=O)OC(=O)C1. The summed E-state index contributed by atoms with van der Waals surface area (Å²) in [6, 6.07) is 4.21. The second kappa shape index (κ2) is 3.92. The number of hydrogen-bond donors (Lipinski definition) is 0. The van der Waals surface area contributed by atoms with Crippen molar-refractivity contribution in [3.8, 4) is 0 Å². The average molecular weight is 223 g/mol. The van der Waals surface area contributed by atoms with Crippen LogP contribution in [0.2, 0.25) is 0 Å². The van der Waals surface area contributed by atoms with E-state index in [0.717, 1.165) is 0 Å². The van der Waals surface area contributed by atoms with Gasteiger partial charge in [-0.3, -0.25) is 0 Å². The molecular formula is C11H10FNO3. The lowest BCUT2D eigenvalue weighted by Gasteiger charge is -2.27. The van der Waals surface area contributed by atoms with Crippen LogP contribution in [0.1, 0.15) is 5.56 Å². The van der Waals surface area contributed by atoms with Gasteiger partial charge in [0.25, 0.3) is 0 Å². The lowest BCUT2D eigenvalue weighted by atomic mass is 10.1. The van der Waals surface area contributed by atoms with Crippen LogP contribution in [-0.4, -0.2) is 25.0 Å². The Bertz CT molecular complexity index is 443. The number of esters is 2. The predicted octanol–water partition coefficient (Wildman–Crippen LogP) is 1.02. The van der Waals surface area contributed by atoms with E-state index in [-0.39, 0.29) is 18.9 Å². The van der Waals surface area contributed by atoms with Crippen LogP contribution in [-0.2, 0) is 14.3 Å². The number of cyclic esters (lactones) is 2. The minimum Gasteiger partial charge on any atom is -0.390 e. The van der Waals surface area contributed by atoms with Crippen LogP contribution >= 0.6 is 0 Å². The molecule has 0 atom stereocenters. The minimum absolute atomic E-state index is 0.0121. The largest absolute Gasteiger partial charge is 0.390 e. The zero-order chi connectivity index (χ0) is 11.7. The maximum atomic E-state index is 12.9. The lowest BCUT2D eigenvalue weighted by Crippen LogP contribution is -2.43. The zero-order valence-corrected chi connectivity index (χ0v) is 8.70. The number of carbonyl (C=O) groups is 2. The summed E-state index contributed by atoms with van der Waals surface area (Å²) >= 11 is 0. The topological polar surface area (TPSA) is 46.6 Å². The van der Waals surface area contributed by atoms with Crippen LogP contribution in [0.3, 0.4) is 0 Å². The number of rotatable bonds is 1. The Morgan fingerprint density at radius 3 is 2.44 bits per heavy atom. The second-order valence-corrected chi connectivity index (χ2v) is 3.63. The summed E-state index contributed by atoms with van der Waals surface area (Å²) in [4.78, 5) is 23.7. The predicted molar refractivity (Wildman–Crippen MR) is 54.4 cm³/mol. The normalized spacial score (nSPS) is 16.2. The molecule has 0 spiro atoms. The standard InChI is InChI=1S/C11H10FNO3/c1-7-4-8(12)2-3-9(7)13-5-10(14)16-11(15)6-13/h2-4H,5-6H2,1H3. The molecule has 0 unspecified atom stereocenters. The molecule has 0 aromatic heterocycles. The number of nitrogens with zero attached hydrogens (tertiary/aromatic N) is 1. The summed E-state index contributed by atoms with van der Waals surface area (Å²) in [7, 11) is 0. The molecule has 5 heteroatoms. The number of morpholine rings is 1. The first-order chi connectivity index (χ1) is 7.56. The first kappa shape index (κ1) is 10.6. The molecule has 0 N–H and O–H groups in total.